The normalized spacial score (nSPS) is 11.0. The third-order valence-electron chi connectivity index (χ3n) is 2.71. The Bertz CT molecular complexity index is 723. The summed E-state index contributed by atoms with van der Waals surface area (Å²) in [6, 6.07) is 5.53. The number of halogens is 2. The Kier molecular flexibility index (Phi) is 4.84. The molecule has 1 aromatic heterocycles. The second-order valence-corrected chi connectivity index (χ2v) is 6.05. The topological polar surface area (TPSA) is 64.4 Å². The molecule has 0 bridgehead atoms. The van der Waals surface area contributed by atoms with Gasteiger partial charge in [-0.1, -0.05) is 15.9 Å². The largest absolute Gasteiger partial charge is 0.478 e. The van der Waals surface area contributed by atoms with Gasteiger partial charge < -0.3 is 9.84 Å². The monoisotopic (exact) mass is 414 g/mol. The summed E-state index contributed by atoms with van der Waals surface area (Å²) in [5.74, 6) is 0.0771. The van der Waals surface area contributed by atoms with Crippen molar-refractivity contribution < 1.29 is 14.6 Å². The molecule has 0 saturated heterocycles. The van der Waals surface area contributed by atoms with Crippen LogP contribution in [0.5, 0.6) is 11.6 Å². The van der Waals surface area contributed by atoms with Crippen LogP contribution in [-0.4, -0.2) is 20.9 Å². The van der Waals surface area contributed by atoms with Gasteiger partial charge in [0.2, 0.25) is 5.88 Å². The van der Waals surface area contributed by atoms with Crippen LogP contribution < -0.4 is 4.74 Å². The molecular formula is C14H12Br2N2O3. The lowest BCUT2D eigenvalue weighted by Crippen LogP contribution is -1.96. The minimum atomic E-state index is -1.02. The number of benzene rings is 1. The van der Waals surface area contributed by atoms with Crippen LogP contribution in [-0.2, 0) is 11.8 Å². The Morgan fingerprint density at radius 1 is 1.43 bits per heavy atom. The van der Waals surface area contributed by atoms with Gasteiger partial charge in [-0.15, -0.1) is 0 Å². The van der Waals surface area contributed by atoms with Gasteiger partial charge in [-0.3, -0.25) is 0 Å². The molecule has 110 valence electrons. The van der Waals surface area contributed by atoms with E-state index >= 15 is 0 Å². The van der Waals surface area contributed by atoms with Gasteiger partial charge in [-0.2, -0.15) is 5.10 Å². The first kappa shape index (κ1) is 15.8. The summed E-state index contributed by atoms with van der Waals surface area (Å²) in [6.07, 6.45) is 2.54. The number of aromatic nitrogens is 2. The summed E-state index contributed by atoms with van der Waals surface area (Å²) < 4.78 is 9.15. The van der Waals surface area contributed by atoms with E-state index in [1.54, 1.807) is 24.7 Å². The molecule has 2 aromatic rings. The molecule has 0 atom stereocenters. The molecule has 1 heterocycles. The molecule has 0 radical (unpaired) electrons. The second-order valence-electron chi connectivity index (χ2n) is 4.28. The molecule has 7 heteroatoms. The van der Waals surface area contributed by atoms with E-state index in [0.29, 0.717) is 22.9 Å². The standard InChI is InChI=1S/C14H12Br2N2O3/c1-8-10(4-6-13(19)20)14(18(2)17-8)21-12-5-3-9(15)7-11(12)16/h3-7H,1-2H3,(H,19,20). The second kappa shape index (κ2) is 6.44. The Morgan fingerprint density at radius 2 is 2.14 bits per heavy atom. The van der Waals surface area contributed by atoms with E-state index in [1.165, 1.54) is 6.08 Å². The summed E-state index contributed by atoms with van der Waals surface area (Å²) in [6.45, 7) is 1.80. The summed E-state index contributed by atoms with van der Waals surface area (Å²) in [7, 11) is 1.74. The minimum Gasteiger partial charge on any atom is -0.478 e. The maximum atomic E-state index is 10.7. The number of aliphatic carboxylic acids is 1. The lowest BCUT2D eigenvalue weighted by Gasteiger charge is -2.09. The van der Waals surface area contributed by atoms with Crippen molar-refractivity contribution in [3.05, 3.63) is 44.5 Å². The number of ether oxygens (including phenoxy) is 1. The first-order chi connectivity index (χ1) is 9.88. The van der Waals surface area contributed by atoms with Gasteiger partial charge in [-0.05, 0) is 47.1 Å². The Labute approximate surface area is 138 Å². The number of nitrogens with zero attached hydrogens (tertiary/aromatic N) is 2. The number of aryl methyl sites for hydroxylation is 2. The minimum absolute atomic E-state index is 0.480. The van der Waals surface area contributed by atoms with Crippen LogP contribution in [0, 0.1) is 6.92 Å². The molecule has 0 saturated carbocycles. The van der Waals surface area contributed by atoms with Gasteiger partial charge in [-0.25, -0.2) is 9.48 Å². The van der Waals surface area contributed by atoms with Crippen molar-refractivity contribution in [3.8, 4) is 11.6 Å². The number of carbonyl (C=O) groups is 1. The zero-order valence-corrected chi connectivity index (χ0v) is 14.5. The van der Waals surface area contributed by atoms with E-state index in [4.69, 9.17) is 9.84 Å². The van der Waals surface area contributed by atoms with E-state index in [-0.39, 0.29) is 0 Å². The first-order valence-corrected chi connectivity index (χ1v) is 7.54. The van der Waals surface area contributed by atoms with E-state index < -0.39 is 5.97 Å². The van der Waals surface area contributed by atoms with Gasteiger partial charge in [0.1, 0.15) is 5.75 Å². The molecule has 0 aliphatic rings. The van der Waals surface area contributed by atoms with Crippen LogP contribution in [0.3, 0.4) is 0 Å². The van der Waals surface area contributed by atoms with Gasteiger partial charge in [0.25, 0.3) is 0 Å². The van der Waals surface area contributed by atoms with Crippen molar-refractivity contribution in [3.63, 3.8) is 0 Å². The van der Waals surface area contributed by atoms with Crippen molar-refractivity contribution in [1.82, 2.24) is 9.78 Å². The van der Waals surface area contributed by atoms with E-state index in [1.807, 2.05) is 12.1 Å². The van der Waals surface area contributed by atoms with Crippen molar-refractivity contribution in [2.24, 2.45) is 7.05 Å². The lowest BCUT2D eigenvalue weighted by atomic mass is 10.2. The molecule has 0 aliphatic carbocycles. The molecule has 2 rings (SSSR count). The van der Waals surface area contributed by atoms with Crippen LogP contribution in [0.15, 0.2) is 33.2 Å². The molecule has 21 heavy (non-hydrogen) atoms. The molecular weight excluding hydrogens is 404 g/mol. The fourth-order valence-corrected chi connectivity index (χ4v) is 2.91. The molecule has 5 nitrogen and oxygen atoms in total. The van der Waals surface area contributed by atoms with Crippen LogP contribution in [0.4, 0.5) is 0 Å². The smallest absolute Gasteiger partial charge is 0.328 e. The van der Waals surface area contributed by atoms with Crippen molar-refractivity contribution in [1.29, 1.82) is 0 Å². The zero-order chi connectivity index (χ0) is 15.6. The summed E-state index contributed by atoms with van der Waals surface area (Å²) in [5.41, 5.74) is 1.33. The van der Waals surface area contributed by atoms with Gasteiger partial charge in [0.15, 0.2) is 0 Å². The average Bonchev–Trinajstić information content (AvgIpc) is 2.65. The number of hydrogen-bond acceptors (Lipinski definition) is 3. The van der Waals surface area contributed by atoms with Gasteiger partial charge in [0.05, 0.1) is 15.7 Å². The predicted octanol–water partition coefficient (Wildman–Crippen LogP) is 4.14. The fourth-order valence-electron chi connectivity index (χ4n) is 1.78. The summed E-state index contributed by atoms with van der Waals surface area (Å²) >= 11 is 6.80. The third kappa shape index (κ3) is 3.74. The summed E-state index contributed by atoms with van der Waals surface area (Å²) in [5, 5.41) is 13.0. The quantitative estimate of drug-likeness (QED) is 0.762. The lowest BCUT2D eigenvalue weighted by molar-refractivity contribution is -0.131. The molecule has 0 spiro atoms. The van der Waals surface area contributed by atoms with Crippen molar-refractivity contribution in [2.75, 3.05) is 0 Å². The highest BCUT2D eigenvalue weighted by Crippen LogP contribution is 2.34. The van der Waals surface area contributed by atoms with Crippen molar-refractivity contribution >= 4 is 43.9 Å². The molecule has 1 aromatic carbocycles. The van der Waals surface area contributed by atoms with Crippen LogP contribution in [0.1, 0.15) is 11.3 Å². The Hall–Kier alpha value is -1.60. The molecule has 0 aliphatic heterocycles. The molecule has 0 fully saturated rings. The van der Waals surface area contributed by atoms with Crippen LogP contribution in [0.25, 0.3) is 6.08 Å². The number of rotatable bonds is 4. The van der Waals surface area contributed by atoms with E-state index in [0.717, 1.165) is 15.0 Å². The maximum absolute atomic E-state index is 10.7. The number of carboxylic acid groups (broad SMARTS) is 1. The Balaban J connectivity index is 2.41. The first-order valence-electron chi connectivity index (χ1n) is 5.96. The third-order valence-corrected chi connectivity index (χ3v) is 3.82. The highest BCUT2D eigenvalue weighted by atomic mass is 79.9. The van der Waals surface area contributed by atoms with E-state index in [9.17, 15) is 4.79 Å². The van der Waals surface area contributed by atoms with Gasteiger partial charge in [0, 0.05) is 17.6 Å². The Morgan fingerprint density at radius 3 is 2.76 bits per heavy atom. The number of carboxylic acids is 1. The maximum Gasteiger partial charge on any atom is 0.328 e. The van der Waals surface area contributed by atoms with Crippen LogP contribution >= 0.6 is 31.9 Å². The summed E-state index contributed by atoms with van der Waals surface area (Å²) in [4.78, 5) is 10.7. The van der Waals surface area contributed by atoms with Crippen LogP contribution in [0.2, 0.25) is 0 Å². The fraction of sp³-hybridized carbons (Fsp3) is 0.143. The SMILES string of the molecule is Cc1nn(C)c(Oc2ccc(Br)cc2Br)c1C=CC(=O)O. The molecule has 1 N–H and O–H groups in total. The van der Waals surface area contributed by atoms with E-state index in [2.05, 4.69) is 37.0 Å². The predicted molar refractivity (Wildman–Crippen MR) is 86.5 cm³/mol. The molecule has 0 amide bonds. The number of hydrogen-bond donors (Lipinski definition) is 1. The highest BCUT2D eigenvalue weighted by molar-refractivity contribution is 9.11. The zero-order valence-electron chi connectivity index (χ0n) is 11.3. The highest BCUT2D eigenvalue weighted by Gasteiger charge is 2.15. The van der Waals surface area contributed by atoms with Crippen molar-refractivity contribution in [2.45, 2.75) is 6.92 Å². The van der Waals surface area contributed by atoms with Gasteiger partial charge >= 0.3 is 5.97 Å². The average molecular weight is 416 g/mol. The molecule has 0 unspecified atom stereocenters.